The minimum Gasteiger partial charge on any atom is -0.456 e. The summed E-state index contributed by atoms with van der Waals surface area (Å²) in [5.74, 6) is -0.716. The van der Waals surface area contributed by atoms with Crippen molar-refractivity contribution >= 4 is 16.4 Å². The third-order valence-corrected chi connectivity index (χ3v) is 21.7. The highest BCUT2D eigenvalue weighted by Crippen LogP contribution is 2.76. The molecular formula is C54H86O26S. The van der Waals surface area contributed by atoms with Gasteiger partial charge in [0.05, 0.1) is 49.8 Å². The van der Waals surface area contributed by atoms with Crippen LogP contribution in [0.25, 0.3) is 0 Å². The van der Waals surface area contributed by atoms with E-state index in [0.717, 1.165) is 31.3 Å². The van der Waals surface area contributed by atoms with E-state index in [9.17, 15) is 68.8 Å². The largest absolute Gasteiger partial charge is 0.456 e. The molecule has 0 radical (unpaired) electrons. The predicted molar refractivity (Wildman–Crippen MR) is 272 cm³/mol. The summed E-state index contributed by atoms with van der Waals surface area (Å²) < 4.78 is 105. The molecule has 0 aromatic heterocycles. The van der Waals surface area contributed by atoms with Crippen molar-refractivity contribution in [2.24, 2.45) is 39.4 Å². The van der Waals surface area contributed by atoms with Crippen molar-refractivity contribution in [3.8, 4) is 0 Å². The van der Waals surface area contributed by atoms with E-state index in [2.05, 4.69) is 27.7 Å². The lowest BCUT2D eigenvalue weighted by atomic mass is 9.40. The van der Waals surface area contributed by atoms with Gasteiger partial charge in [-0.3, -0.25) is 9.35 Å². The van der Waals surface area contributed by atoms with Gasteiger partial charge in [0.25, 0.3) is 0 Å². The zero-order valence-corrected chi connectivity index (χ0v) is 48.1. The Hall–Kier alpha value is -1.72. The van der Waals surface area contributed by atoms with Crippen LogP contribution in [-0.4, -0.2) is 243 Å². The first-order valence-electron chi connectivity index (χ1n) is 28.5. The SMILES string of the molecule is CO[C@@H]1[C@@H](O)[C@H](O[C@@H]2[C@@H](O)[C@H](O[C@H]3[C@H](O)[C@@H](O)[C@H](O[C@H]4[C@H](O[C@H]5CC[C@]6(C)C7=C[C@H](O)[C@]89C(=O)O[C@@](C)([C@H]%10CCC(C)(C)O%10)[C@H]8CC[C@@]9(C)[C@@H]7CC[C@H]6C5(C)C)OC[C@@H](OS(=O)(=O)O)[C@@H]4O)O[C@@H]3C)O[C@H](CO)[C@H]2O)O[C@H](CO)[C@H]1O. The minimum absolute atomic E-state index is 0.0364. The highest BCUT2D eigenvalue weighted by Gasteiger charge is 2.80. The monoisotopic (exact) mass is 1180 g/mol. The van der Waals surface area contributed by atoms with Crippen molar-refractivity contribution < 1.29 is 125 Å². The van der Waals surface area contributed by atoms with E-state index < -0.39 is 186 Å². The van der Waals surface area contributed by atoms with Crippen molar-refractivity contribution in [3.05, 3.63) is 11.6 Å². The van der Waals surface area contributed by atoms with Crippen molar-refractivity contribution in [2.45, 2.75) is 253 Å². The fourth-order valence-corrected chi connectivity index (χ4v) is 17.5. The molecule has 6 saturated heterocycles. The van der Waals surface area contributed by atoms with Gasteiger partial charge >= 0.3 is 16.4 Å². The molecule has 11 N–H and O–H groups in total. The third-order valence-electron chi connectivity index (χ3n) is 21.2. The van der Waals surface area contributed by atoms with E-state index in [-0.39, 0.29) is 35.4 Å². The van der Waals surface area contributed by atoms with Crippen molar-refractivity contribution in [2.75, 3.05) is 26.9 Å². The van der Waals surface area contributed by atoms with Gasteiger partial charge in [0.1, 0.15) is 96.5 Å². The second-order valence-corrected chi connectivity index (χ2v) is 27.4. The first-order valence-corrected chi connectivity index (χ1v) is 29.9. The molecule has 27 heteroatoms. The number of hydrogen-bond donors (Lipinski definition) is 11. The van der Waals surface area contributed by atoms with Crippen LogP contribution in [0.4, 0.5) is 0 Å². The van der Waals surface area contributed by atoms with Crippen molar-refractivity contribution in [1.82, 2.24) is 0 Å². The molecule has 6 aliphatic heterocycles. The average molecular weight is 1180 g/mol. The van der Waals surface area contributed by atoms with E-state index in [4.69, 9.17) is 56.3 Å². The summed E-state index contributed by atoms with van der Waals surface area (Å²) in [5.41, 5.74) is -3.05. The normalized spacial score (nSPS) is 53.2. The summed E-state index contributed by atoms with van der Waals surface area (Å²) in [6.45, 7) is 13.8. The maximum Gasteiger partial charge on any atom is 0.397 e. The molecule has 3 saturated carbocycles. The maximum atomic E-state index is 14.6. The second-order valence-electron chi connectivity index (χ2n) is 26.4. The van der Waals surface area contributed by atoms with Gasteiger partial charge in [0.2, 0.25) is 0 Å². The van der Waals surface area contributed by atoms with Crippen LogP contribution in [-0.2, 0) is 71.5 Å². The number of carbonyl (C=O) groups is 1. The zero-order valence-electron chi connectivity index (χ0n) is 47.2. The Morgan fingerprint density at radius 1 is 0.642 bits per heavy atom. The van der Waals surface area contributed by atoms with Crippen LogP contribution in [0.15, 0.2) is 11.6 Å². The highest BCUT2D eigenvalue weighted by atomic mass is 32.3. The van der Waals surface area contributed by atoms with Crippen LogP contribution in [0, 0.1) is 39.4 Å². The Bertz CT molecular complexity index is 2430. The van der Waals surface area contributed by atoms with Gasteiger partial charge in [-0.2, -0.15) is 8.42 Å². The predicted octanol–water partition coefficient (Wildman–Crippen LogP) is -1.38. The fourth-order valence-electron chi connectivity index (χ4n) is 17.0. The Kier molecular flexibility index (Phi) is 17.0. The summed E-state index contributed by atoms with van der Waals surface area (Å²) in [5, 5.41) is 112. The van der Waals surface area contributed by atoms with Crippen LogP contribution in [0.2, 0.25) is 0 Å². The van der Waals surface area contributed by atoms with Gasteiger partial charge in [-0.1, -0.05) is 39.3 Å². The number of esters is 1. The molecule has 10 aliphatic rings. The van der Waals surface area contributed by atoms with Crippen molar-refractivity contribution in [3.63, 3.8) is 0 Å². The molecule has 0 aromatic rings. The molecule has 10 rings (SSSR count). The van der Waals surface area contributed by atoms with Gasteiger partial charge in [0, 0.05) is 13.0 Å². The lowest BCUT2D eigenvalue weighted by molar-refractivity contribution is -0.389. The topological polar surface area (TPSA) is 385 Å². The van der Waals surface area contributed by atoms with Gasteiger partial charge < -0.3 is 103 Å². The summed E-state index contributed by atoms with van der Waals surface area (Å²) >= 11 is 0. The zero-order chi connectivity index (χ0) is 59.1. The number of aliphatic hydroxyl groups excluding tert-OH is 10. The smallest absolute Gasteiger partial charge is 0.397 e. The molecule has 1 spiro atoms. The average Bonchev–Trinajstić information content (AvgIpc) is 1.63. The number of cyclic esters (lactones) is 1. The minimum atomic E-state index is -5.18. The highest BCUT2D eigenvalue weighted by molar-refractivity contribution is 7.80. The van der Waals surface area contributed by atoms with Gasteiger partial charge in [0.15, 0.2) is 25.2 Å². The van der Waals surface area contributed by atoms with Gasteiger partial charge in [-0.05, 0) is 107 Å². The molecule has 0 unspecified atom stereocenters. The molecule has 0 bridgehead atoms. The van der Waals surface area contributed by atoms with E-state index in [1.807, 2.05) is 26.8 Å². The Labute approximate surface area is 471 Å². The first-order chi connectivity index (χ1) is 37.8. The van der Waals surface area contributed by atoms with E-state index in [1.165, 1.54) is 14.0 Å². The molecule has 464 valence electrons. The second kappa shape index (κ2) is 22.1. The number of ether oxygens (including phenoxy) is 11. The molecule has 6 heterocycles. The number of methoxy groups -OCH3 is 1. The van der Waals surface area contributed by atoms with E-state index in [1.54, 1.807) is 0 Å². The van der Waals surface area contributed by atoms with Gasteiger partial charge in [-0.25, -0.2) is 4.18 Å². The standard InChI is InChI=1S/C54H86O26S/c1-22-40(75-46-39(64)42(34(59)26(20-56)73-46)76-45-38(63)41(69-9)33(58)25(19-55)72-45)36(61)37(62)44(71-22)77-43-35(60)27(80-81(66,67)68)21-70-47(43)74-31-14-16-51(6)24-18-30(57)54-29(53(8,79-48(54)65)32-13-15-49(2,3)78-32)12-17-52(54,7)23(24)10-11-28(51)50(31,4)5/h18,22-23,25-47,55-64H,10-17,19-21H2,1-9H3,(H,66,67,68)/t22-,23-,25-,26-,27-,28+,29-,30+,31+,32-,33-,34-,35+,36-,37-,38-,39-,40-,41+,42+,43-,44+,45+,46+,47+,51-,52+,53-,54+/m1/s1. The summed E-state index contributed by atoms with van der Waals surface area (Å²) in [6.07, 6.45) is -26.6. The molecule has 9 fully saturated rings. The fraction of sp³-hybridized carbons (Fsp3) is 0.944. The number of rotatable bonds is 14. The van der Waals surface area contributed by atoms with Crippen LogP contribution in [0.5, 0.6) is 0 Å². The number of allylic oxidation sites excluding steroid dienone is 1. The molecule has 26 nitrogen and oxygen atoms in total. The Morgan fingerprint density at radius 2 is 1.25 bits per heavy atom. The molecule has 0 aromatic carbocycles. The molecule has 81 heavy (non-hydrogen) atoms. The summed E-state index contributed by atoms with van der Waals surface area (Å²) in [6, 6.07) is 0. The quantitative estimate of drug-likeness (QED) is 0.0413. The number of fused-ring (bicyclic) bond motifs is 4. The number of aliphatic hydroxyl groups is 10. The van der Waals surface area contributed by atoms with Crippen LogP contribution >= 0.6 is 0 Å². The molecule has 4 aliphatic carbocycles. The number of hydrogen-bond acceptors (Lipinski definition) is 25. The Morgan fingerprint density at radius 3 is 1.85 bits per heavy atom. The van der Waals surface area contributed by atoms with Crippen molar-refractivity contribution in [1.29, 1.82) is 0 Å². The van der Waals surface area contributed by atoms with Crippen LogP contribution in [0.1, 0.15) is 107 Å². The van der Waals surface area contributed by atoms with E-state index in [0.29, 0.717) is 25.7 Å². The molecule has 29 atom stereocenters. The summed E-state index contributed by atoms with van der Waals surface area (Å²) in [4.78, 5) is 14.6. The lowest BCUT2D eigenvalue weighted by Crippen LogP contribution is -2.67. The van der Waals surface area contributed by atoms with E-state index >= 15 is 0 Å². The molecular weight excluding hydrogens is 1100 g/mol. The van der Waals surface area contributed by atoms with Crippen LogP contribution in [0.3, 0.4) is 0 Å². The van der Waals surface area contributed by atoms with Crippen LogP contribution < -0.4 is 0 Å². The first kappa shape index (κ1) is 62.3. The summed E-state index contributed by atoms with van der Waals surface area (Å²) in [7, 11) is -3.99. The number of carbonyl (C=O) groups excluding carboxylic acids is 1. The molecule has 0 amide bonds. The lowest BCUT2D eigenvalue weighted by Gasteiger charge is -2.64. The maximum absolute atomic E-state index is 14.6. The van der Waals surface area contributed by atoms with Gasteiger partial charge in [-0.15, -0.1) is 0 Å². The third kappa shape index (κ3) is 10.1. The Balaban J connectivity index is 0.846.